The van der Waals surface area contributed by atoms with Crippen LogP contribution in [0, 0.1) is 5.92 Å². The molecule has 0 N–H and O–H groups in total. The second-order valence-electron chi connectivity index (χ2n) is 8.05. The van der Waals surface area contributed by atoms with E-state index in [4.69, 9.17) is 9.72 Å². The number of hydrogen-bond donors (Lipinski definition) is 0. The summed E-state index contributed by atoms with van der Waals surface area (Å²) < 4.78 is 5.73. The number of aromatic nitrogens is 1. The zero-order chi connectivity index (χ0) is 19.6. The average Bonchev–Trinajstić information content (AvgIpc) is 2.73. The summed E-state index contributed by atoms with van der Waals surface area (Å²) in [7, 11) is 0. The van der Waals surface area contributed by atoms with E-state index in [-0.39, 0.29) is 0 Å². The lowest BCUT2D eigenvalue weighted by atomic mass is 9.83. The molecule has 3 rings (SSSR count). The predicted octanol–water partition coefficient (Wildman–Crippen LogP) is 7.12. The summed E-state index contributed by atoms with van der Waals surface area (Å²) in [6.45, 7) is 5.26. The molecular formula is C26H35NO. The molecule has 1 heterocycles. The minimum absolute atomic E-state index is 0.796. The maximum atomic E-state index is 5.73. The Balaban J connectivity index is 1.55. The molecule has 0 amide bonds. The highest BCUT2D eigenvalue weighted by molar-refractivity contribution is 5.68. The van der Waals surface area contributed by atoms with Crippen LogP contribution in [-0.2, 0) is 12.8 Å². The Kier molecular flexibility index (Phi) is 8.14. The SMILES string of the molecule is CCCCC[C@@H]1CCc2nc(/C=C/c3ccc(OCCCC)cc3)ccc2C1. The highest BCUT2D eigenvalue weighted by atomic mass is 16.5. The molecule has 150 valence electrons. The van der Waals surface area contributed by atoms with Gasteiger partial charge in [0, 0.05) is 5.69 Å². The first kappa shape index (κ1) is 20.6. The van der Waals surface area contributed by atoms with Gasteiger partial charge in [-0.2, -0.15) is 0 Å². The maximum Gasteiger partial charge on any atom is 0.119 e. The smallest absolute Gasteiger partial charge is 0.119 e. The summed E-state index contributed by atoms with van der Waals surface area (Å²) in [5, 5.41) is 0. The van der Waals surface area contributed by atoms with Crippen molar-refractivity contribution in [2.75, 3.05) is 6.61 Å². The van der Waals surface area contributed by atoms with Gasteiger partial charge in [0.2, 0.25) is 0 Å². The summed E-state index contributed by atoms with van der Waals surface area (Å²) in [5.41, 5.74) is 5.02. The van der Waals surface area contributed by atoms with Gasteiger partial charge in [0.05, 0.1) is 12.3 Å². The van der Waals surface area contributed by atoms with E-state index in [2.05, 4.69) is 50.3 Å². The molecule has 1 atom stereocenters. The van der Waals surface area contributed by atoms with Crippen LogP contribution in [0.15, 0.2) is 36.4 Å². The summed E-state index contributed by atoms with van der Waals surface area (Å²) >= 11 is 0. The molecule has 1 aliphatic rings. The van der Waals surface area contributed by atoms with Crippen molar-refractivity contribution in [2.24, 2.45) is 5.92 Å². The van der Waals surface area contributed by atoms with Gasteiger partial charge in [-0.1, -0.05) is 70.2 Å². The van der Waals surface area contributed by atoms with Gasteiger partial charge in [-0.25, -0.2) is 0 Å². The van der Waals surface area contributed by atoms with Crippen molar-refractivity contribution in [1.29, 1.82) is 0 Å². The fraction of sp³-hybridized carbons (Fsp3) is 0.500. The van der Waals surface area contributed by atoms with Crippen molar-refractivity contribution in [1.82, 2.24) is 4.98 Å². The van der Waals surface area contributed by atoms with E-state index < -0.39 is 0 Å². The molecule has 0 unspecified atom stereocenters. The molecule has 2 aromatic rings. The quantitative estimate of drug-likeness (QED) is 0.411. The Bertz CT molecular complexity index is 748. The minimum Gasteiger partial charge on any atom is -0.494 e. The molecule has 0 fully saturated rings. The number of benzene rings is 1. The molecule has 1 aliphatic carbocycles. The highest BCUT2D eigenvalue weighted by Crippen LogP contribution is 2.28. The van der Waals surface area contributed by atoms with Crippen LogP contribution in [0.3, 0.4) is 0 Å². The Morgan fingerprint density at radius 3 is 2.57 bits per heavy atom. The van der Waals surface area contributed by atoms with Gasteiger partial charge in [-0.15, -0.1) is 0 Å². The maximum absolute atomic E-state index is 5.73. The van der Waals surface area contributed by atoms with Crippen molar-refractivity contribution in [3.05, 3.63) is 58.9 Å². The second kappa shape index (κ2) is 11.0. The summed E-state index contributed by atoms with van der Waals surface area (Å²) in [6, 6.07) is 12.8. The molecule has 0 radical (unpaired) electrons. The monoisotopic (exact) mass is 377 g/mol. The lowest BCUT2D eigenvalue weighted by molar-refractivity contribution is 0.309. The molecular weight excluding hydrogens is 342 g/mol. The van der Waals surface area contributed by atoms with Crippen molar-refractivity contribution in [2.45, 2.75) is 71.6 Å². The van der Waals surface area contributed by atoms with Crippen LogP contribution in [0.25, 0.3) is 12.2 Å². The number of rotatable bonds is 10. The molecule has 0 spiro atoms. The third-order valence-electron chi connectivity index (χ3n) is 5.70. The topological polar surface area (TPSA) is 22.1 Å². The minimum atomic E-state index is 0.796. The van der Waals surface area contributed by atoms with E-state index >= 15 is 0 Å². The Labute approximate surface area is 171 Å². The van der Waals surface area contributed by atoms with Gasteiger partial charge in [-0.05, 0) is 67.0 Å². The van der Waals surface area contributed by atoms with Crippen molar-refractivity contribution >= 4 is 12.2 Å². The molecule has 2 heteroatoms. The third kappa shape index (κ3) is 6.22. The van der Waals surface area contributed by atoms with Crippen LogP contribution in [0.1, 0.15) is 81.3 Å². The van der Waals surface area contributed by atoms with Gasteiger partial charge < -0.3 is 4.74 Å². The van der Waals surface area contributed by atoms with E-state index in [1.165, 1.54) is 55.3 Å². The lowest BCUT2D eigenvalue weighted by Crippen LogP contribution is -2.15. The second-order valence-corrected chi connectivity index (χ2v) is 8.05. The molecule has 0 bridgehead atoms. The molecule has 1 aromatic carbocycles. The van der Waals surface area contributed by atoms with E-state index in [0.29, 0.717) is 0 Å². The average molecular weight is 378 g/mol. The third-order valence-corrected chi connectivity index (χ3v) is 5.70. The Morgan fingerprint density at radius 1 is 0.964 bits per heavy atom. The number of hydrogen-bond acceptors (Lipinski definition) is 2. The zero-order valence-corrected chi connectivity index (χ0v) is 17.6. The lowest BCUT2D eigenvalue weighted by Gasteiger charge is -2.24. The normalized spacial score (nSPS) is 16.3. The van der Waals surface area contributed by atoms with Crippen LogP contribution in [0.2, 0.25) is 0 Å². The van der Waals surface area contributed by atoms with Crippen LogP contribution in [0.5, 0.6) is 5.75 Å². The van der Waals surface area contributed by atoms with Gasteiger partial charge in [0.15, 0.2) is 0 Å². The Morgan fingerprint density at radius 2 is 1.79 bits per heavy atom. The first-order chi connectivity index (χ1) is 13.8. The molecule has 1 aromatic heterocycles. The molecule has 0 saturated heterocycles. The van der Waals surface area contributed by atoms with E-state index in [9.17, 15) is 0 Å². The number of fused-ring (bicyclic) bond motifs is 1. The van der Waals surface area contributed by atoms with Crippen LogP contribution in [0.4, 0.5) is 0 Å². The fourth-order valence-corrected chi connectivity index (χ4v) is 3.92. The number of ether oxygens (including phenoxy) is 1. The van der Waals surface area contributed by atoms with Gasteiger partial charge in [-0.3, -0.25) is 4.98 Å². The first-order valence-electron chi connectivity index (χ1n) is 11.2. The summed E-state index contributed by atoms with van der Waals surface area (Å²) in [5.74, 6) is 1.81. The van der Waals surface area contributed by atoms with Crippen molar-refractivity contribution in [3.63, 3.8) is 0 Å². The number of nitrogens with zero attached hydrogens (tertiary/aromatic N) is 1. The molecule has 28 heavy (non-hydrogen) atoms. The fourth-order valence-electron chi connectivity index (χ4n) is 3.92. The summed E-state index contributed by atoms with van der Waals surface area (Å²) in [6.07, 6.45) is 15.6. The number of aryl methyl sites for hydroxylation is 1. The van der Waals surface area contributed by atoms with Crippen molar-refractivity contribution in [3.8, 4) is 5.75 Å². The van der Waals surface area contributed by atoms with E-state index in [1.54, 1.807) is 0 Å². The predicted molar refractivity (Wildman–Crippen MR) is 120 cm³/mol. The van der Waals surface area contributed by atoms with Crippen LogP contribution < -0.4 is 4.74 Å². The van der Waals surface area contributed by atoms with E-state index in [0.717, 1.165) is 43.2 Å². The van der Waals surface area contributed by atoms with Crippen LogP contribution >= 0.6 is 0 Å². The zero-order valence-electron chi connectivity index (χ0n) is 17.6. The molecule has 2 nitrogen and oxygen atoms in total. The van der Waals surface area contributed by atoms with Gasteiger partial charge >= 0.3 is 0 Å². The number of pyridine rings is 1. The highest BCUT2D eigenvalue weighted by Gasteiger charge is 2.19. The molecule has 0 saturated carbocycles. The van der Waals surface area contributed by atoms with Gasteiger partial charge in [0.1, 0.15) is 5.75 Å². The number of unbranched alkanes of at least 4 members (excludes halogenated alkanes) is 3. The van der Waals surface area contributed by atoms with Crippen molar-refractivity contribution < 1.29 is 4.74 Å². The molecule has 0 aliphatic heterocycles. The van der Waals surface area contributed by atoms with Gasteiger partial charge in [0.25, 0.3) is 0 Å². The van der Waals surface area contributed by atoms with E-state index in [1.807, 2.05) is 12.1 Å². The standard InChI is InChI=1S/C26H35NO/c1-3-5-7-8-22-12-18-26-23(20-22)13-15-24(27-26)14-9-21-10-16-25(17-11-21)28-19-6-4-2/h9-11,13-17,22H,3-8,12,18-20H2,1-2H3/b14-9+/t22-/m1/s1. The largest absolute Gasteiger partial charge is 0.494 e. The first-order valence-corrected chi connectivity index (χ1v) is 11.2. The van der Waals surface area contributed by atoms with Crippen LogP contribution in [-0.4, -0.2) is 11.6 Å². The summed E-state index contributed by atoms with van der Waals surface area (Å²) in [4.78, 5) is 4.92. The Hall–Kier alpha value is -2.09.